The van der Waals surface area contributed by atoms with Crippen LogP contribution in [0.5, 0.6) is 0 Å². The van der Waals surface area contributed by atoms with Gasteiger partial charge in [-0.2, -0.15) is 0 Å². The molecule has 0 unspecified atom stereocenters. The van der Waals surface area contributed by atoms with Gasteiger partial charge in [0.15, 0.2) is 6.29 Å². The van der Waals surface area contributed by atoms with Crippen LogP contribution in [0.4, 0.5) is 0 Å². The van der Waals surface area contributed by atoms with Crippen molar-refractivity contribution in [3.8, 4) is 0 Å². The second kappa shape index (κ2) is 4.36. The van der Waals surface area contributed by atoms with Crippen LogP contribution in [0.15, 0.2) is 12.1 Å². The molecule has 96 valence electrons. The van der Waals surface area contributed by atoms with Crippen LogP contribution in [0, 0.1) is 0 Å². The number of halogens is 1. The molecular formula is C15H18ClNO. The molecule has 0 atom stereocenters. The van der Waals surface area contributed by atoms with E-state index in [1.807, 2.05) is 12.1 Å². The van der Waals surface area contributed by atoms with Gasteiger partial charge in [0.25, 0.3) is 0 Å². The summed E-state index contributed by atoms with van der Waals surface area (Å²) in [7, 11) is 2.18. The molecule has 1 saturated heterocycles. The number of aldehydes is 1. The largest absolute Gasteiger partial charge is 0.306 e. The van der Waals surface area contributed by atoms with Crippen LogP contribution in [0.25, 0.3) is 0 Å². The Morgan fingerprint density at radius 3 is 2.67 bits per heavy atom. The quantitative estimate of drug-likeness (QED) is 0.726. The Morgan fingerprint density at radius 1 is 1.28 bits per heavy atom. The van der Waals surface area contributed by atoms with Crippen molar-refractivity contribution in [2.75, 3.05) is 20.1 Å². The van der Waals surface area contributed by atoms with Crippen LogP contribution in [0.2, 0.25) is 5.02 Å². The first-order chi connectivity index (χ1) is 8.64. The molecule has 3 heteroatoms. The fraction of sp³-hybridized carbons (Fsp3) is 0.533. The number of likely N-dealkylation sites (tertiary alicyclic amines) is 1. The average molecular weight is 264 g/mol. The lowest BCUT2D eigenvalue weighted by atomic mass is 9.73. The normalized spacial score (nSPS) is 22.1. The van der Waals surface area contributed by atoms with E-state index in [2.05, 4.69) is 11.9 Å². The predicted molar refractivity (Wildman–Crippen MR) is 73.6 cm³/mol. The molecule has 1 aromatic rings. The SMILES string of the molecule is CN1CCC2(CCc3cc(Cl)c(C=O)cc32)CC1. The third-order valence-corrected chi connectivity index (χ3v) is 5.07. The zero-order valence-electron chi connectivity index (χ0n) is 10.7. The summed E-state index contributed by atoms with van der Waals surface area (Å²) in [5.41, 5.74) is 3.71. The van der Waals surface area contributed by atoms with E-state index in [-0.39, 0.29) is 0 Å². The van der Waals surface area contributed by atoms with Crippen molar-refractivity contribution < 1.29 is 4.79 Å². The number of carbonyl (C=O) groups is 1. The maximum atomic E-state index is 11.1. The van der Waals surface area contributed by atoms with Gasteiger partial charge in [-0.05, 0) is 74.5 Å². The van der Waals surface area contributed by atoms with Gasteiger partial charge in [0.05, 0.1) is 5.02 Å². The van der Waals surface area contributed by atoms with Crippen molar-refractivity contribution in [1.29, 1.82) is 0 Å². The third kappa shape index (κ3) is 1.79. The zero-order valence-corrected chi connectivity index (χ0v) is 11.5. The molecule has 0 saturated carbocycles. The summed E-state index contributed by atoms with van der Waals surface area (Å²) in [4.78, 5) is 13.4. The average Bonchev–Trinajstić information content (AvgIpc) is 2.71. The summed E-state index contributed by atoms with van der Waals surface area (Å²) in [6.45, 7) is 2.30. The Bertz CT molecular complexity index is 490. The molecule has 1 aliphatic carbocycles. The number of carbonyl (C=O) groups excluding carboxylic acids is 1. The number of rotatable bonds is 1. The minimum atomic E-state index is 0.310. The van der Waals surface area contributed by atoms with Crippen molar-refractivity contribution in [1.82, 2.24) is 4.90 Å². The second-order valence-corrected chi connectivity index (χ2v) is 6.14. The summed E-state index contributed by atoms with van der Waals surface area (Å²) in [5.74, 6) is 0. The number of aryl methyl sites for hydroxylation is 1. The summed E-state index contributed by atoms with van der Waals surface area (Å²) in [6.07, 6.45) is 5.61. The molecule has 2 aliphatic rings. The van der Waals surface area contributed by atoms with Crippen molar-refractivity contribution >= 4 is 17.9 Å². The lowest BCUT2D eigenvalue weighted by Gasteiger charge is -2.38. The molecule has 1 spiro atoms. The van der Waals surface area contributed by atoms with Crippen LogP contribution in [0.3, 0.4) is 0 Å². The topological polar surface area (TPSA) is 20.3 Å². The van der Waals surface area contributed by atoms with E-state index in [0.717, 1.165) is 25.8 Å². The van der Waals surface area contributed by atoms with Gasteiger partial charge in [0, 0.05) is 5.56 Å². The van der Waals surface area contributed by atoms with Gasteiger partial charge in [-0.25, -0.2) is 0 Å². The van der Waals surface area contributed by atoms with Gasteiger partial charge >= 0.3 is 0 Å². The Balaban J connectivity index is 2.03. The molecule has 0 N–H and O–H groups in total. The number of hydrogen-bond donors (Lipinski definition) is 0. The van der Waals surface area contributed by atoms with Crippen molar-refractivity contribution in [3.05, 3.63) is 33.8 Å². The highest BCUT2D eigenvalue weighted by Crippen LogP contribution is 2.47. The smallest absolute Gasteiger partial charge is 0.151 e. The van der Waals surface area contributed by atoms with E-state index in [0.29, 0.717) is 16.0 Å². The lowest BCUT2D eigenvalue weighted by molar-refractivity contribution is 0.112. The van der Waals surface area contributed by atoms with Crippen LogP contribution in [-0.2, 0) is 11.8 Å². The standard InChI is InChI=1S/C15H18ClNO/c1-17-6-4-15(5-7-17)3-2-11-9-14(16)12(10-18)8-13(11)15/h8-10H,2-7H2,1H3. The van der Waals surface area contributed by atoms with Crippen molar-refractivity contribution in [3.63, 3.8) is 0 Å². The Kier molecular flexibility index (Phi) is 2.95. The lowest BCUT2D eigenvalue weighted by Crippen LogP contribution is -2.39. The summed E-state index contributed by atoms with van der Waals surface area (Å²) in [5, 5.41) is 0.605. The molecule has 3 rings (SSSR count). The molecule has 0 bridgehead atoms. The molecule has 18 heavy (non-hydrogen) atoms. The van der Waals surface area contributed by atoms with Gasteiger partial charge in [0.1, 0.15) is 0 Å². The number of piperidine rings is 1. The first-order valence-electron chi connectivity index (χ1n) is 6.61. The Labute approximate surface area is 113 Å². The molecule has 0 amide bonds. The zero-order chi connectivity index (χ0) is 12.8. The highest BCUT2D eigenvalue weighted by atomic mass is 35.5. The maximum Gasteiger partial charge on any atom is 0.151 e. The number of benzene rings is 1. The fourth-order valence-electron chi connectivity index (χ4n) is 3.50. The highest BCUT2D eigenvalue weighted by Gasteiger charge is 2.40. The van der Waals surface area contributed by atoms with E-state index in [1.54, 1.807) is 0 Å². The number of nitrogens with zero attached hydrogens (tertiary/aromatic N) is 1. The van der Waals surface area contributed by atoms with E-state index in [9.17, 15) is 4.79 Å². The van der Waals surface area contributed by atoms with E-state index in [1.165, 1.54) is 30.4 Å². The molecular weight excluding hydrogens is 246 g/mol. The van der Waals surface area contributed by atoms with Gasteiger partial charge in [0.2, 0.25) is 0 Å². The molecule has 0 aromatic heterocycles. The molecule has 1 aliphatic heterocycles. The second-order valence-electron chi connectivity index (χ2n) is 5.73. The van der Waals surface area contributed by atoms with Crippen molar-refractivity contribution in [2.24, 2.45) is 0 Å². The van der Waals surface area contributed by atoms with Crippen LogP contribution < -0.4 is 0 Å². The maximum absolute atomic E-state index is 11.1. The summed E-state index contributed by atoms with van der Waals surface area (Å²) < 4.78 is 0. The summed E-state index contributed by atoms with van der Waals surface area (Å²) in [6, 6.07) is 4.05. The molecule has 1 fully saturated rings. The summed E-state index contributed by atoms with van der Waals surface area (Å²) >= 11 is 6.12. The fourth-order valence-corrected chi connectivity index (χ4v) is 3.73. The van der Waals surface area contributed by atoms with E-state index >= 15 is 0 Å². The number of hydrogen-bond acceptors (Lipinski definition) is 2. The molecule has 1 heterocycles. The minimum absolute atomic E-state index is 0.310. The highest BCUT2D eigenvalue weighted by molar-refractivity contribution is 6.33. The van der Waals surface area contributed by atoms with Crippen LogP contribution in [-0.4, -0.2) is 31.3 Å². The number of fused-ring (bicyclic) bond motifs is 2. The van der Waals surface area contributed by atoms with E-state index in [4.69, 9.17) is 11.6 Å². The molecule has 0 radical (unpaired) electrons. The molecule has 2 nitrogen and oxygen atoms in total. The predicted octanol–water partition coefficient (Wildman–Crippen LogP) is 3.06. The Hall–Kier alpha value is -0.860. The third-order valence-electron chi connectivity index (χ3n) is 4.74. The van der Waals surface area contributed by atoms with Gasteiger partial charge in [-0.15, -0.1) is 0 Å². The van der Waals surface area contributed by atoms with Crippen LogP contribution >= 0.6 is 11.6 Å². The first-order valence-corrected chi connectivity index (χ1v) is 6.99. The first kappa shape index (κ1) is 12.2. The van der Waals surface area contributed by atoms with Crippen molar-refractivity contribution in [2.45, 2.75) is 31.1 Å². The van der Waals surface area contributed by atoms with Gasteiger partial charge in [-0.1, -0.05) is 11.6 Å². The van der Waals surface area contributed by atoms with Crippen LogP contribution in [0.1, 0.15) is 40.7 Å². The molecule has 1 aromatic carbocycles. The van der Waals surface area contributed by atoms with Gasteiger partial charge in [-0.3, -0.25) is 4.79 Å². The van der Waals surface area contributed by atoms with Gasteiger partial charge < -0.3 is 4.90 Å². The van der Waals surface area contributed by atoms with E-state index < -0.39 is 0 Å². The monoisotopic (exact) mass is 263 g/mol. The Morgan fingerprint density at radius 2 is 2.00 bits per heavy atom. The minimum Gasteiger partial charge on any atom is -0.306 e.